The number of pyridine rings is 1. The van der Waals surface area contributed by atoms with Crippen LogP contribution in [0.2, 0.25) is 0 Å². The Balaban J connectivity index is 2.15. The van der Waals surface area contributed by atoms with Gasteiger partial charge >= 0.3 is 0 Å². The Morgan fingerprint density at radius 2 is 2.17 bits per heavy atom. The number of hydrogen-bond acceptors (Lipinski definition) is 4. The van der Waals surface area contributed by atoms with Crippen molar-refractivity contribution in [1.29, 1.82) is 0 Å². The van der Waals surface area contributed by atoms with Crippen molar-refractivity contribution in [3.8, 4) is 0 Å². The van der Waals surface area contributed by atoms with Crippen molar-refractivity contribution in [3.05, 3.63) is 35.9 Å². The van der Waals surface area contributed by atoms with Crippen LogP contribution in [0.25, 0.3) is 0 Å². The van der Waals surface area contributed by atoms with Crippen molar-refractivity contribution < 1.29 is 4.74 Å². The highest BCUT2D eigenvalue weighted by atomic mass is 16.5. The molecule has 0 spiro atoms. The maximum atomic E-state index is 5.07. The number of ether oxygens (including phenoxy) is 1. The van der Waals surface area contributed by atoms with E-state index in [1.54, 1.807) is 13.3 Å². The number of aryl methyl sites for hydroxylation is 2. The first kappa shape index (κ1) is 12.6. The second kappa shape index (κ2) is 5.64. The van der Waals surface area contributed by atoms with Gasteiger partial charge in [0.15, 0.2) is 0 Å². The van der Waals surface area contributed by atoms with Crippen molar-refractivity contribution in [2.24, 2.45) is 0 Å². The van der Waals surface area contributed by atoms with Crippen LogP contribution in [0, 0.1) is 13.8 Å². The van der Waals surface area contributed by atoms with Crippen LogP contribution in [0.15, 0.2) is 24.5 Å². The third kappa shape index (κ3) is 2.87. The molecule has 2 rings (SSSR count). The predicted octanol–water partition coefficient (Wildman–Crippen LogP) is 2.28. The van der Waals surface area contributed by atoms with Crippen LogP contribution < -0.4 is 5.32 Å². The third-order valence-corrected chi connectivity index (χ3v) is 2.72. The summed E-state index contributed by atoms with van der Waals surface area (Å²) in [6.07, 6.45) is 3.70. The Morgan fingerprint density at radius 3 is 2.89 bits per heavy atom. The molecule has 18 heavy (non-hydrogen) atoms. The maximum absolute atomic E-state index is 5.07. The highest BCUT2D eigenvalue weighted by Gasteiger charge is 2.05. The quantitative estimate of drug-likeness (QED) is 0.879. The molecule has 0 atom stereocenters. The SMILES string of the molecule is COCCn1ccnc1Nc1ccc(C)nc1C. The molecule has 0 saturated heterocycles. The van der Waals surface area contributed by atoms with Crippen LogP contribution in [-0.4, -0.2) is 28.3 Å². The monoisotopic (exact) mass is 246 g/mol. The first-order chi connectivity index (χ1) is 8.70. The molecule has 0 fully saturated rings. The molecule has 5 nitrogen and oxygen atoms in total. The molecule has 2 aromatic heterocycles. The standard InChI is InChI=1S/C13H18N4O/c1-10-4-5-12(11(2)15-10)16-13-14-6-7-17(13)8-9-18-3/h4-7H,8-9H2,1-3H3,(H,14,16). The largest absolute Gasteiger partial charge is 0.383 e. The summed E-state index contributed by atoms with van der Waals surface area (Å²) in [7, 11) is 1.69. The molecule has 0 aliphatic heterocycles. The van der Waals surface area contributed by atoms with Crippen LogP contribution in [0.1, 0.15) is 11.4 Å². The fraction of sp³-hybridized carbons (Fsp3) is 0.385. The van der Waals surface area contributed by atoms with Gasteiger partial charge in [0.2, 0.25) is 5.95 Å². The molecular formula is C13H18N4O. The van der Waals surface area contributed by atoms with E-state index in [-0.39, 0.29) is 0 Å². The lowest BCUT2D eigenvalue weighted by Crippen LogP contribution is -2.08. The molecule has 2 heterocycles. The van der Waals surface area contributed by atoms with Gasteiger partial charge in [-0.1, -0.05) is 0 Å². The summed E-state index contributed by atoms with van der Waals surface area (Å²) in [5.41, 5.74) is 2.96. The number of anilines is 2. The van der Waals surface area contributed by atoms with E-state index in [1.807, 2.05) is 36.7 Å². The average Bonchev–Trinajstić information content (AvgIpc) is 2.77. The summed E-state index contributed by atoms with van der Waals surface area (Å²) in [5.74, 6) is 0.806. The second-order valence-corrected chi connectivity index (χ2v) is 4.15. The first-order valence-corrected chi connectivity index (χ1v) is 5.92. The van der Waals surface area contributed by atoms with Gasteiger partial charge in [-0.15, -0.1) is 0 Å². The summed E-state index contributed by atoms with van der Waals surface area (Å²) in [6.45, 7) is 5.40. The Kier molecular flexibility index (Phi) is 3.94. The molecule has 1 N–H and O–H groups in total. The van der Waals surface area contributed by atoms with Crippen molar-refractivity contribution in [2.75, 3.05) is 19.0 Å². The van der Waals surface area contributed by atoms with E-state index in [9.17, 15) is 0 Å². The molecule has 0 radical (unpaired) electrons. The molecule has 5 heteroatoms. The second-order valence-electron chi connectivity index (χ2n) is 4.15. The predicted molar refractivity (Wildman–Crippen MR) is 71.1 cm³/mol. The highest BCUT2D eigenvalue weighted by Crippen LogP contribution is 2.18. The number of methoxy groups -OCH3 is 1. The van der Waals surface area contributed by atoms with Crippen molar-refractivity contribution in [3.63, 3.8) is 0 Å². The number of hydrogen-bond donors (Lipinski definition) is 1. The number of nitrogens with one attached hydrogen (secondary N) is 1. The van der Waals surface area contributed by atoms with Gasteiger partial charge in [0.25, 0.3) is 0 Å². The van der Waals surface area contributed by atoms with Gasteiger partial charge in [0.05, 0.1) is 18.0 Å². The van der Waals surface area contributed by atoms with E-state index in [4.69, 9.17) is 4.74 Å². The lowest BCUT2D eigenvalue weighted by molar-refractivity contribution is 0.188. The van der Waals surface area contributed by atoms with Crippen molar-refractivity contribution in [1.82, 2.24) is 14.5 Å². The maximum Gasteiger partial charge on any atom is 0.207 e. The first-order valence-electron chi connectivity index (χ1n) is 5.92. The van der Waals surface area contributed by atoms with Crippen LogP contribution >= 0.6 is 0 Å². The Morgan fingerprint density at radius 1 is 1.33 bits per heavy atom. The van der Waals surface area contributed by atoms with Crippen LogP contribution in [0.4, 0.5) is 11.6 Å². The Labute approximate surface area is 107 Å². The minimum atomic E-state index is 0.663. The van der Waals surface area contributed by atoms with E-state index in [1.165, 1.54) is 0 Å². The lowest BCUT2D eigenvalue weighted by atomic mass is 10.3. The molecule has 0 bridgehead atoms. The Bertz CT molecular complexity index is 521. The molecule has 0 aliphatic carbocycles. The van der Waals surface area contributed by atoms with Gasteiger partial charge in [-0.3, -0.25) is 4.98 Å². The summed E-state index contributed by atoms with van der Waals surface area (Å²) in [6, 6.07) is 4.00. The van der Waals surface area contributed by atoms with E-state index in [0.717, 1.165) is 29.6 Å². The van der Waals surface area contributed by atoms with Gasteiger partial charge in [0, 0.05) is 31.7 Å². The number of nitrogens with zero attached hydrogens (tertiary/aromatic N) is 3. The average molecular weight is 246 g/mol. The molecular weight excluding hydrogens is 228 g/mol. The van der Waals surface area contributed by atoms with Gasteiger partial charge < -0.3 is 14.6 Å². The zero-order valence-corrected chi connectivity index (χ0v) is 11.0. The minimum Gasteiger partial charge on any atom is -0.383 e. The van der Waals surface area contributed by atoms with E-state index >= 15 is 0 Å². The van der Waals surface area contributed by atoms with Gasteiger partial charge in [0.1, 0.15) is 0 Å². The summed E-state index contributed by atoms with van der Waals surface area (Å²) in [5, 5.41) is 3.29. The normalized spacial score (nSPS) is 10.6. The zero-order valence-electron chi connectivity index (χ0n) is 11.0. The number of rotatable bonds is 5. The molecule has 0 unspecified atom stereocenters. The minimum absolute atomic E-state index is 0.663. The summed E-state index contributed by atoms with van der Waals surface area (Å²) >= 11 is 0. The summed E-state index contributed by atoms with van der Waals surface area (Å²) < 4.78 is 7.09. The molecule has 0 aromatic carbocycles. The third-order valence-electron chi connectivity index (χ3n) is 2.72. The van der Waals surface area contributed by atoms with Crippen molar-refractivity contribution >= 4 is 11.6 Å². The number of aromatic nitrogens is 3. The molecule has 96 valence electrons. The lowest BCUT2D eigenvalue weighted by Gasteiger charge is -2.11. The molecule has 0 aliphatic rings. The Hall–Kier alpha value is -1.88. The van der Waals surface area contributed by atoms with E-state index in [0.29, 0.717) is 6.61 Å². The topological polar surface area (TPSA) is 52.0 Å². The van der Waals surface area contributed by atoms with Gasteiger partial charge in [-0.25, -0.2) is 4.98 Å². The molecule has 2 aromatic rings. The highest BCUT2D eigenvalue weighted by molar-refractivity contribution is 5.56. The molecule has 0 saturated carbocycles. The number of imidazole rings is 1. The van der Waals surface area contributed by atoms with E-state index in [2.05, 4.69) is 15.3 Å². The van der Waals surface area contributed by atoms with Gasteiger partial charge in [-0.05, 0) is 26.0 Å². The summed E-state index contributed by atoms with van der Waals surface area (Å²) in [4.78, 5) is 8.72. The van der Waals surface area contributed by atoms with E-state index < -0.39 is 0 Å². The molecule has 0 amide bonds. The van der Waals surface area contributed by atoms with Crippen LogP contribution in [0.5, 0.6) is 0 Å². The van der Waals surface area contributed by atoms with Crippen LogP contribution in [0.3, 0.4) is 0 Å². The fourth-order valence-electron chi connectivity index (χ4n) is 1.74. The smallest absolute Gasteiger partial charge is 0.207 e. The van der Waals surface area contributed by atoms with Gasteiger partial charge in [-0.2, -0.15) is 0 Å². The fourth-order valence-corrected chi connectivity index (χ4v) is 1.74. The zero-order chi connectivity index (χ0) is 13.0. The van der Waals surface area contributed by atoms with Crippen molar-refractivity contribution in [2.45, 2.75) is 20.4 Å². The van der Waals surface area contributed by atoms with Crippen LogP contribution in [-0.2, 0) is 11.3 Å².